The Morgan fingerprint density at radius 3 is 1.21 bits per heavy atom. The molecule has 0 radical (unpaired) electrons. The molecule has 0 aromatic heterocycles. The molecular formula is C31H58O3. The Kier molecular flexibility index (Phi) is 19.5. The number of carbonyl (C=O) groups excluding carboxylic acids is 1. The molecule has 0 fully saturated rings. The summed E-state index contributed by atoms with van der Waals surface area (Å²) in [6, 6.07) is 0. The van der Waals surface area contributed by atoms with E-state index < -0.39 is 5.60 Å². The standard InChI is InChI=1S/C31H58O3/c1-4-6-8-10-12-14-16-18-20-22-24-26-31(29(32)28-30(33-3)34-31)27-25-23-21-19-17-15-13-11-9-7-5-2/h28H,4-27H2,1-3H3. The van der Waals surface area contributed by atoms with Crippen molar-refractivity contribution in [3.05, 3.63) is 12.0 Å². The molecular weight excluding hydrogens is 420 g/mol. The van der Waals surface area contributed by atoms with Gasteiger partial charge < -0.3 is 9.47 Å². The van der Waals surface area contributed by atoms with Crippen LogP contribution in [0.5, 0.6) is 0 Å². The largest absolute Gasteiger partial charge is 0.469 e. The smallest absolute Gasteiger partial charge is 0.283 e. The monoisotopic (exact) mass is 478 g/mol. The van der Waals surface area contributed by atoms with Crippen LogP contribution in [0.4, 0.5) is 0 Å². The van der Waals surface area contributed by atoms with E-state index in [1.807, 2.05) is 0 Å². The van der Waals surface area contributed by atoms with Crippen LogP contribution in [0, 0.1) is 0 Å². The summed E-state index contributed by atoms with van der Waals surface area (Å²) in [5.41, 5.74) is -0.649. The molecule has 0 N–H and O–H groups in total. The van der Waals surface area contributed by atoms with Gasteiger partial charge in [-0.2, -0.15) is 0 Å². The van der Waals surface area contributed by atoms with Crippen molar-refractivity contribution in [1.82, 2.24) is 0 Å². The third kappa shape index (κ3) is 14.4. The highest BCUT2D eigenvalue weighted by Crippen LogP contribution is 2.35. The van der Waals surface area contributed by atoms with E-state index in [9.17, 15) is 4.79 Å². The van der Waals surface area contributed by atoms with Gasteiger partial charge in [0, 0.05) is 0 Å². The molecule has 0 aromatic rings. The molecule has 0 bridgehead atoms. The van der Waals surface area contributed by atoms with E-state index in [1.165, 1.54) is 128 Å². The summed E-state index contributed by atoms with van der Waals surface area (Å²) in [7, 11) is 1.60. The zero-order chi connectivity index (χ0) is 24.7. The van der Waals surface area contributed by atoms with Crippen molar-refractivity contribution in [2.24, 2.45) is 0 Å². The van der Waals surface area contributed by atoms with Crippen LogP contribution in [-0.4, -0.2) is 18.5 Å². The fraction of sp³-hybridized carbons (Fsp3) is 0.903. The third-order valence-electron chi connectivity index (χ3n) is 7.56. The Morgan fingerprint density at radius 2 is 0.912 bits per heavy atom. The lowest BCUT2D eigenvalue weighted by Gasteiger charge is -2.28. The van der Waals surface area contributed by atoms with Crippen molar-refractivity contribution >= 4 is 5.78 Å². The first-order valence-corrected chi connectivity index (χ1v) is 15.2. The van der Waals surface area contributed by atoms with Gasteiger partial charge >= 0.3 is 0 Å². The number of ketones is 1. The first-order chi connectivity index (χ1) is 16.7. The van der Waals surface area contributed by atoms with Crippen LogP contribution in [0.1, 0.15) is 168 Å². The molecule has 3 heteroatoms. The van der Waals surface area contributed by atoms with Crippen molar-refractivity contribution in [3.63, 3.8) is 0 Å². The SMILES string of the molecule is CCCCCCCCCCCCCC1(CCCCCCCCCCCCC)OC(OC)=CC1=O. The lowest BCUT2D eigenvalue weighted by molar-refractivity contribution is -0.136. The number of methoxy groups -OCH3 is 1. The maximum Gasteiger partial charge on any atom is 0.283 e. The number of unbranched alkanes of at least 4 members (excludes halogenated alkanes) is 20. The van der Waals surface area contributed by atoms with Gasteiger partial charge in [0.25, 0.3) is 5.95 Å². The van der Waals surface area contributed by atoms with E-state index in [0.717, 1.165) is 25.7 Å². The quantitative estimate of drug-likeness (QED) is 0.122. The molecule has 1 rings (SSSR count). The zero-order valence-corrected chi connectivity index (χ0v) is 23.3. The summed E-state index contributed by atoms with van der Waals surface area (Å²) in [6.45, 7) is 4.55. The van der Waals surface area contributed by atoms with Gasteiger partial charge in [-0.15, -0.1) is 0 Å². The summed E-state index contributed by atoms with van der Waals surface area (Å²) in [5.74, 6) is 0.541. The van der Waals surface area contributed by atoms with E-state index in [4.69, 9.17) is 9.47 Å². The van der Waals surface area contributed by atoms with Gasteiger partial charge in [-0.3, -0.25) is 4.79 Å². The van der Waals surface area contributed by atoms with E-state index in [-0.39, 0.29) is 5.78 Å². The average Bonchev–Trinajstić information content (AvgIpc) is 3.16. The van der Waals surface area contributed by atoms with Gasteiger partial charge in [-0.05, 0) is 25.7 Å². The Bertz CT molecular complexity index is 485. The van der Waals surface area contributed by atoms with Crippen LogP contribution < -0.4 is 0 Å². The van der Waals surface area contributed by atoms with E-state index in [0.29, 0.717) is 5.95 Å². The summed E-state index contributed by atoms with van der Waals surface area (Å²) in [5, 5.41) is 0. The van der Waals surface area contributed by atoms with E-state index >= 15 is 0 Å². The van der Waals surface area contributed by atoms with Crippen LogP contribution in [0.2, 0.25) is 0 Å². The predicted octanol–water partition coefficient (Wildman–Crippen LogP) is 10.2. The number of rotatable bonds is 25. The number of carbonyl (C=O) groups is 1. The van der Waals surface area contributed by atoms with Gasteiger partial charge in [-0.1, -0.05) is 142 Å². The van der Waals surface area contributed by atoms with Crippen LogP contribution >= 0.6 is 0 Å². The molecule has 1 heterocycles. The minimum atomic E-state index is -0.649. The van der Waals surface area contributed by atoms with Crippen LogP contribution in [0.3, 0.4) is 0 Å². The fourth-order valence-electron chi connectivity index (χ4n) is 5.23. The molecule has 0 saturated heterocycles. The van der Waals surface area contributed by atoms with Crippen LogP contribution in [-0.2, 0) is 14.3 Å². The summed E-state index contributed by atoms with van der Waals surface area (Å²) < 4.78 is 11.4. The molecule has 0 spiro atoms. The molecule has 1 aliphatic heterocycles. The maximum absolute atomic E-state index is 12.8. The molecule has 0 aromatic carbocycles. The van der Waals surface area contributed by atoms with E-state index in [2.05, 4.69) is 13.8 Å². The van der Waals surface area contributed by atoms with Gasteiger partial charge in [0.1, 0.15) is 0 Å². The normalized spacial score (nSPS) is 14.9. The molecule has 0 atom stereocenters. The molecule has 3 nitrogen and oxygen atoms in total. The molecule has 0 amide bonds. The van der Waals surface area contributed by atoms with Crippen molar-refractivity contribution in [2.45, 2.75) is 174 Å². The number of hydrogen-bond acceptors (Lipinski definition) is 3. The highest BCUT2D eigenvalue weighted by molar-refractivity contribution is 5.99. The number of hydrogen-bond donors (Lipinski definition) is 0. The van der Waals surface area contributed by atoms with Gasteiger partial charge in [-0.25, -0.2) is 0 Å². The summed E-state index contributed by atoms with van der Waals surface area (Å²) in [6.07, 6.45) is 32.4. The second kappa shape index (κ2) is 21.3. The Balaban J connectivity index is 2.16. The fourth-order valence-corrected chi connectivity index (χ4v) is 5.23. The van der Waals surface area contributed by atoms with Crippen molar-refractivity contribution in [2.75, 3.05) is 7.11 Å². The molecule has 0 unspecified atom stereocenters. The van der Waals surface area contributed by atoms with Gasteiger partial charge in [0.15, 0.2) is 5.60 Å². The molecule has 200 valence electrons. The molecule has 0 aliphatic carbocycles. The first kappa shape index (κ1) is 31.0. The molecule has 0 saturated carbocycles. The summed E-state index contributed by atoms with van der Waals surface area (Å²) >= 11 is 0. The Labute approximate surface area is 212 Å². The van der Waals surface area contributed by atoms with Crippen LogP contribution in [0.15, 0.2) is 12.0 Å². The molecule has 1 aliphatic rings. The first-order valence-electron chi connectivity index (χ1n) is 15.2. The zero-order valence-electron chi connectivity index (χ0n) is 23.3. The average molecular weight is 479 g/mol. The Hall–Kier alpha value is -0.990. The highest BCUT2D eigenvalue weighted by atomic mass is 16.7. The maximum atomic E-state index is 12.8. The Morgan fingerprint density at radius 1 is 0.588 bits per heavy atom. The second-order valence-corrected chi connectivity index (χ2v) is 10.7. The minimum absolute atomic E-state index is 0.128. The lowest BCUT2D eigenvalue weighted by atomic mass is 9.86. The number of ether oxygens (including phenoxy) is 2. The second-order valence-electron chi connectivity index (χ2n) is 10.7. The third-order valence-corrected chi connectivity index (χ3v) is 7.56. The minimum Gasteiger partial charge on any atom is -0.469 e. The summed E-state index contributed by atoms with van der Waals surface area (Å²) in [4.78, 5) is 12.8. The van der Waals surface area contributed by atoms with Crippen molar-refractivity contribution < 1.29 is 14.3 Å². The molecule has 34 heavy (non-hydrogen) atoms. The van der Waals surface area contributed by atoms with Crippen molar-refractivity contribution in [3.8, 4) is 0 Å². The predicted molar refractivity (Wildman–Crippen MR) is 146 cm³/mol. The van der Waals surface area contributed by atoms with Crippen LogP contribution in [0.25, 0.3) is 0 Å². The highest BCUT2D eigenvalue weighted by Gasteiger charge is 2.44. The van der Waals surface area contributed by atoms with Crippen molar-refractivity contribution in [1.29, 1.82) is 0 Å². The van der Waals surface area contributed by atoms with Gasteiger partial charge in [0.2, 0.25) is 5.78 Å². The topological polar surface area (TPSA) is 35.5 Å². The van der Waals surface area contributed by atoms with Gasteiger partial charge in [0.05, 0.1) is 13.2 Å². The lowest BCUT2D eigenvalue weighted by Crippen LogP contribution is -2.36. The van der Waals surface area contributed by atoms with E-state index in [1.54, 1.807) is 13.2 Å².